The number of nitrogens with zero attached hydrogens (tertiary/aromatic N) is 1. The average molecular weight is 743 g/mol. The smallest absolute Gasteiger partial charge is 0.309 e. The Morgan fingerprint density at radius 3 is 1.75 bits per heavy atom. The van der Waals surface area contributed by atoms with Gasteiger partial charge in [-0.15, -0.1) is 19.7 Å². The van der Waals surface area contributed by atoms with E-state index in [0.29, 0.717) is 19.4 Å². The summed E-state index contributed by atoms with van der Waals surface area (Å²) >= 11 is 0. The molecule has 3 N–H and O–H groups in total. The molecule has 306 valence electrons. The lowest BCUT2D eigenvalue weighted by Gasteiger charge is -2.21. The van der Waals surface area contributed by atoms with Crippen molar-refractivity contribution in [3.63, 3.8) is 0 Å². The second-order valence-corrected chi connectivity index (χ2v) is 9.84. The number of likely N-dealkylation sites (N-methyl/N-ethyl adjacent to an activating group) is 1. The molecule has 52 heavy (non-hydrogen) atoms. The molecular formula is C44H81F3N2O3. The van der Waals surface area contributed by atoms with Gasteiger partial charge in [0.25, 0.3) is 6.43 Å². The highest BCUT2D eigenvalue weighted by Crippen LogP contribution is 2.18. The van der Waals surface area contributed by atoms with Crippen molar-refractivity contribution in [2.75, 3.05) is 27.2 Å². The highest BCUT2D eigenvalue weighted by atomic mass is 19.3. The van der Waals surface area contributed by atoms with Crippen LogP contribution in [0.4, 0.5) is 13.2 Å². The zero-order chi connectivity index (χ0) is 42.7. The standard InChI is InChI=1S/C14H22F2O.C14H23NO2.C7H7F.4C2H6.CH5N/c1-5-10(3)11(4)7-8-12(6-2)9-13(17)14(15)16;1-6-9-13(11-14(16)17-8-3)12(4)15(5)10-7-2;1-6-2-4-7(8)5-3-6;5*1-2/h6-8,12-14,17H,2,5,9H2,1,3-4H3;6-7H,1-2,8-11H2,3-5H3;2-5H,1H3;4*1-2H3;2H2,1H3/b8-7?,11-10-;13-12+;;;;;;. The second-order valence-electron chi connectivity index (χ2n) is 9.84. The van der Waals surface area contributed by atoms with Gasteiger partial charge >= 0.3 is 5.97 Å². The Morgan fingerprint density at radius 2 is 1.40 bits per heavy atom. The summed E-state index contributed by atoms with van der Waals surface area (Å²) in [6.07, 6.45) is 6.66. The van der Waals surface area contributed by atoms with Crippen LogP contribution >= 0.6 is 0 Å². The number of aliphatic hydroxyl groups is 1. The molecule has 0 aliphatic heterocycles. The van der Waals surface area contributed by atoms with E-state index in [1.807, 2.05) is 115 Å². The van der Waals surface area contributed by atoms with Gasteiger partial charge in [-0.2, -0.15) is 0 Å². The molecule has 0 aliphatic carbocycles. The molecule has 5 nitrogen and oxygen atoms in total. The predicted octanol–water partition coefficient (Wildman–Crippen LogP) is 12.8. The number of hydrogen-bond acceptors (Lipinski definition) is 5. The van der Waals surface area contributed by atoms with Crippen LogP contribution in [0.3, 0.4) is 0 Å². The molecule has 1 aromatic rings. The van der Waals surface area contributed by atoms with Crippen molar-refractivity contribution in [2.45, 2.75) is 135 Å². The fraction of sp³-hybridized carbons (Fsp3) is 0.568. The Kier molecular flexibility index (Phi) is 60.9. The van der Waals surface area contributed by atoms with E-state index >= 15 is 0 Å². The van der Waals surface area contributed by atoms with E-state index in [9.17, 15) is 18.0 Å². The number of halogens is 3. The summed E-state index contributed by atoms with van der Waals surface area (Å²) in [4.78, 5) is 13.5. The number of allylic oxidation sites excluding steroid dienone is 7. The predicted molar refractivity (Wildman–Crippen MR) is 226 cm³/mol. The van der Waals surface area contributed by atoms with Crippen molar-refractivity contribution < 1.29 is 27.8 Å². The zero-order valence-corrected chi connectivity index (χ0v) is 36.2. The van der Waals surface area contributed by atoms with Crippen molar-refractivity contribution in [1.29, 1.82) is 0 Å². The average Bonchev–Trinajstić information content (AvgIpc) is 3.18. The monoisotopic (exact) mass is 743 g/mol. The number of alkyl halides is 2. The first-order valence-corrected chi connectivity index (χ1v) is 18.8. The SMILES string of the molecule is C=CC(C=C/C(C)=C(/C)CC)CC(O)C(F)F.C=CC/C(CC(=O)OCC)=C(/C)N(C)CC=C.CC.CC.CC.CC.CN.Cc1ccc(F)cc1. The Morgan fingerprint density at radius 1 is 0.923 bits per heavy atom. The Balaban J connectivity index is -0.000000108. The van der Waals surface area contributed by atoms with Gasteiger partial charge in [0.05, 0.1) is 13.0 Å². The molecule has 0 bridgehead atoms. The van der Waals surface area contributed by atoms with E-state index < -0.39 is 12.5 Å². The summed E-state index contributed by atoms with van der Waals surface area (Å²) < 4.78 is 41.4. The molecule has 0 aromatic heterocycles. The Hall–Kier alpha value is -3.36. The number of esters is 1. The molecular weight excluding hydrogens is 661 g/mol. The number of hydrogen-bond donors (Lipinski definition) is 2. The van der Waals surface area contributed by atoms with Gasteiger partial charge in [0.2, 0.25) is 0 Å². The van der Waals surface area contributed by atoms with E-state index in [1.165, 1.54) is 24.8 Å². The van der Waals surface area contributed by atoms with Crippen LogP contribution < -0.4 is 5.73 Å². The quantitative estimate of drug-likeness (QED) is 0.106. The maximum Gasteiger partial charge on any atom is 0.309 e. The van der Waals surface area contributed by atoms with Gasteiger partial charge in [0.15, 0.2) is 0 Å². The molecule has 0 aliphatic rings. The summed E-state index contributed by atoms with van der Waals surface area (Å²) in [6.45, 7) is 40.0. The van der Waals surface area contributed by atoms with Crippen LogP contribution in [-0.4, -0.2) is 55.8 Å². The first-order valence-electron chi connectivity index (χ1n) is 18.8. The van der Waals surface area contributed by atoms with E-state index in [4.69, 9.17) is 9.84 Å². The van der Waals surface area contributed by atoms with Gasteiger partial charge in [-0.25, -0.2) is 13.2 Å². The largest absolute Gasteiger partial charge is 0.466 e. The number of benzene rings is 1. The highest BCUT2D eigenvalue weighted by Gasteiger charge is 2.19. The van der Waals surface area contributed by atoms with Crippen LogP contribution in [0.25, 0.3) is 0 Å². The number of rotatable bonds is 15. The second kappa shape index (κ2) is 49.8. The van der Waals surface area contributed by atoms with Gasteiger partial charge in [-0.3, -0.25) is 4.79 Å². The van der Waals surface area contributed by atoms with E-state index in [-0.39, 0.29) is 24.1 Å². The topological polar surface area (TPSA) is 75.8 Å². The lowest BCUT2D eigenvalue weighted by Crippen LogP contribution is -2.19. The Bertz CT molecular complexity index is 1010. The van der Waals surface area contributed by atoms with Crippen LogP contribution in [0.5, 0.6) is 0 Å². The third kappa shape index (κ3) is 41.1. The molecule has 0 saturated heterocycles. The molecule has 1 aromatic carbocycles. The molecule has 0 amide bonds. The third-order valence-electron chi connectivity index (χ3n) is 6.46. The lowest BCUT2D eigenvalue weighted by molar-refractivity contribution is -0.142. The molecule has 0 heterocycles. The molecule has 2 atom stereocenters. The first kappa shape index (κ1) is 63.7. The van der Waals surface area contributed by atoms with Gasteiger partial charge in [-0.1, -0.05) is 122 Å². The number of carbonyl (C=O) groups is 1. The number of carbonyl (C=O) groups excluding carboxylic acids is 1. The van der Waals surface area contributed by atoms with Crippen molar-refractivity contribution in [2.24, 2.45) is 11.7 Å². The van der Waals surface area contributed by atoms with E-state index in [0.717, 1.165) is 35.4 Å². The highest BCUT2D eigenvalue weighted by molar-refractivity contribution is 5.72. The van der Waals surface area contributed by atoms with E-state index in [2.05, 4.69) is 37.3 Å². The maximum atomic E-state index is 12.2. The van der Waals surface area contributed by atoms with Crippen LogP contribution in [0.1, 0.15) is 121 Å². The third-order valence-corrected chi connectivity index (χ3v) is 6.46. The minimum Gasteiger partial charge on any atom is -0.466 e. The fourth-order valence-electron chi connectivity index (χ4n) is 3.37. The summed E-state index contributed by atoms with van der Waals surface area (Å²) in [6, 6.07) is 6.40. The maximum absolute atomic E-state index is 12.2. The zero-order valence-electron chi connectivity index (χ0n) is 36.2. The summed E-state index contributed by atoms with van der Waals surface area (Å²) in [5, 5.41) is 9.10. The van der Waals surface area contributed by atoms with Crippen LogP contribution in [-0.2, 0) is 9.53 Å². The minimum absolute atomic E-state index is 0.0100. The van der Waals surface area contributed by atoms with Crippen LogP contribution in [0, 0.1) is 18.7 Å². The van der Waals surface area contributed by atoms with Crippen LogP contribution in [0.2, 0.25) is 0 Å². The summed E-state index contributed by atoms with van der Waals surface area (Å²) in [7, 11) is 3.48. The molecule has 8 heteroatoms. The number of aryl methyl sites for hydroxylation is 1. The summed E-state index contributed by atoms with van der Waals surface area (Å²) in [5.41, 5.74) is 10.1. The van der Waals surface area contributed by atoms with Crippen molar-refractivity contribution in [3.8, 4) is 0 Å². The van der Waals surface area contributed by atoms with E-state index in [1.54, 1.807) is 24.3 Å². The van der Waals surface area contributed by atoms with Gasteiger partial charge < -0.3 is 20.5 Å². The Labute approximate surface area is 320 Å². The molecule has 0 saturated carbocycles. The number of aliphatic hydroxyl groups excluding tert-OH is 1. The van der Waals surface area contributed by atoms with Crippen molar-refractivity contribution >= 4 is 5.97 Å². The molecule has 1 rings (SSSR count). The fourth-order valence-corrected chi connectivity index (χ4v) is 3.37. The molecule has 2 unspecified atom stereocenters. The van der Waals surface area contributed by atoms with Gasteiger partial charge in [-0.05, 0) is 84.6 Å². The normalized spacial score (nSPS) is 11.3. The van der Waals surface area contributed by atoms with Crippen LogP contribution in [0.15, 0.2) is 96.8 Å². The first-order chi connectivity index (χ1) is 24.8. The lowest BCUT2D eigenvalue weighted by atomic mass is 9.99. The number of nitrogens with two attached hydrogens (primary N) is 1. The number of ether oxygens (including phenoxy) is 1. The van der Waals surface area contributed by atoms with Crippen molar-refractivity contribution in [3.05, 3.63) is 108 Å². The molecule has 0 fully saturated rings. The van der Waals surface area contributed by atoms with Crippen molar-refractivity contribution in [1.82, 2.24) is 4.90 Å². The van der Waals surface area contributed by atoms with Gasteiger partial charge in [0.1, 0.15) is 11.9 Å². The minimum atomic E-state index is -2.69. The molecule has 0 radical (unpaired) electrons. The molecule has 0 spiro atoms. The van der Waals surface area contributed by atoms with Gasteiger partial charge in [0, 0.05) is 19.3 Å². The summed E-state index contributed by atoms with van der Waals surface area (Å²) in [5.74, 6) is -0.579.